The van der Waals surface area contributed by atoms with Crippen LogP contribution in [0.5, 0.6) is 5.75 Å². The molecule has 0 saturated carbocycles. The molecule has 122 valence electrons. The fraction of sp³-hybridized carbons (Fsp3) is 0.562. The highest BCUT2D eigenvalue weighted by Crippen LogP contribution is 2.27. The normalized spacial score (nSPS) is 16.5. The van der Waals surface area contributed by atoms with Crippen LogP contribution in [-0.4, -0.2) is 51.1 Å². The first-order valence-corrected chi connectivity index (χ1v) is 8.00. The van der Waals surface area contributed by atoms with Gasteiger partial charge < -0.3 is 15.4 Å². The molecule has 0 spiro atoms. The average molecular weight is 326 g/mol. The number of piperidine rings is 1. The Balaban J connectivity index is 1.85. The van der Waals surface area contributed by atoms with Gasteiger partial charge in [-0.25, -0.2) is 0 Å². The summed E-state index contributed by atoms with van der Waals surface area (Å²) in [6.07, 6.45) is 2.27. The maximum atomic E-state index is 12.2. The van der Waals surface area contributed by atoms with Crippen LogP contribution in [0.15, 0.2) is 18.2 Å². The quantitative estimate of drug-likeness (QED) is 0.842. The first kappa shape index (κ1) is 17.1. The molecule has 5 nitrogen and oxygen atoms in total. The predicted molar refractivity (Wildman–Crippen MR) is 89.7 cm³/mol. The number of amides is 1. The minimum absolute atomic E-state index is 0.0346. The number of likely N-dealkylation sites (tertiary alicyclic amines) is 1. The number of carbonyl (C=O) groups is 1. The SMILES string of the molecule is CNCC1CCN(CC(=O)Nc2cc(Cl)ccc2OC)CC1. The molecule has 1 heterocycles. The van der Waals surface area contributed by atoms with Crippen molar-refractivity contribution in [3.8, 4) is 5.75 Å². The summed E-state index contributed by atoms with van der Waals surface area (Å²) in [5.41, 5.74) is 0.616. The van der Waals surface area contributed by atoms with Gasteiger partial charge in [0, 0.05) is 5.02 Å². The number of benzene rings is 1. The molecule has 22 heavy (non-hydrogen) atoms. The first-order valence-electron chi connectivity index (χ1n) is 7.62. The highest BCUT2D eigenvalue weighted by atomic mass is 35.5. The lowest BCUT2D eigenvalue weighted by Gasteiger charge is -2.31. The highest BCUT2D eigenvalue weighted by molar-refractivity contribution is 6.31. The molecule has 0 aliphatic carbocycles. The second kappa shape index (κ2) is 8.36. The van der Waals surface area contributed by atoms with Gasteiger partial charge in [-0.1, -0.05) is 11.6 Å². The molecule has 1 fully saturated rings. The van der Waals surface area contributed by atoms with Crippen molar-refractivity contribution < 1.29 is 9.53 Å². The molecule has 0 aromatic heterocycles. The maximum Gasteiger partial charge on any atom is 0.238 e. The van der Waals surface area contributed by atoms with E-state index in [0.29, 0.717) is 23.0 Å². The Hall–Kier alpha value is -1.30. The summed E-state index contributed by atoms with van der Waals surface area (Å²) in [6.45, 7) is 3.39. The number of ether oxygens (including phenoxy) is 1. The molecule has 1 saturated heterocycles. The first-order chi connectivity index (χ1) is 10.6. The fourth-order valence-electron chi connectivity index (χ4n) is 2.81. The minimum Gasteiger partial charge on any atom is -0.495 e. The van der Waals surface area contributed by atoms with Gasteiger partial charge in [0.1, 0.15) is 5.75 Å². The molecule has 1 aliphatic rings. The number of nitrogens with one attached hydrogen (secondary N) is 2. The number of hydrogen-bond acceptors (Lipinski definition) is 4. The summed E-state index contributed by atoms with van der Waals surface area (Å²) < 4.78 is 5.24. The van der Waals surface area contributed by atoms with E-state index in [9.17, 15) is 4.79 Å². The van der Waals surface area contributed by atoms with E-state index in [4.69, 9.17) is 16.3 Å². The van der Waals surface area contributed by atoms with E-state index in [-0.39, 0.29) is 5.91 Å². The Bertz CT molecular complexity index is 502. The molecule has 2 rings (SSSR count). The molecule has 1 aliphatic heterocycles. The maximum absolute atomic E-state index is 12.2. The van der Waals surface area contributed by atoms with Crippen molar-refractivity contribution in [3.05, 3.63) is 23.2 Å². The lowest BCUT2D eigenvalue weighted by Crippen LogP contribution is -2.40. The topological polar surface area (TPSA) is 53.6 Å². The minimum atomic E-state index is -0.0346. The zero-order chi connectivity index (χ0) is 15.9. The third-order valence-electron chi connectivity index (χ3n) is 4.00. The molecule has 0 bridgehead atoms. The van der Waals surface area contributed by atoms with E-state index in [1.165, 1.54) is 0 Å². The number of methoxy groups -OCH3 is 1. The van der Waals surface area contributed by atoms with Gasteiger partial charge in [-0.2, -0.15) is 0 Å². The van der Waals surface area contributed by atoms with Gasteiger partial charge >= 0.3 is 0 Å². The van der Waals surface area contributed by atoms with E-state index in [1.807, 2.05) is 7.05 Å². The number of hydrogen-bond donors (Lipinski definition) is 2. The van der Waals surface area contributed by atoms with Crippen LogP contribution in [0.4, 0.5) is 5.69 Å². The van der Waals surface area contributed by atoms with Crippen LogP contribution in [0.3, 0.4) is 0 Å². The van der Waals surface area contributed by atoms with Crippen molar-refractivity contribution in [1.29, 1.82) is 0 Å². The Morgan fingerprint density at radius 1 is 1.41 bits per heavy atom. The van der Waals surface area contributed by atoms with Crippen molar-refractivity contribution in [3.63, 3.8) is 0 Å². The molecule has 6 heteroatoms. The summed E-state index contributed by atoms with van der Waals surface area (Å²) >= 11 is 5.97. The number of rotatable bonds is 6. The van der Waals surface area contributed by atoms with Crippen molar-refractivity contribution in [2.45, 2.75) is 12.8 Å². The lowest BCUT2D eigenvalue weighted by atomic mass is 9.97. The van der Waals surface area contributed by atoms with E-state index in [1.54, 1.807) is 25.3 Å². The molecule has 1 aromatic rings. The predicted octanol–water partition coefficient (Wildman–Crippen LogP) is 2.22. The molecule has 2 N–H and O–H groups in total. The van der Waals surface area contributed by atoms with Crippen LogP contribution in [0.1, 0.15) is 12.8 Å². The van der Waals surface area contributed by atoms with E-state index in [2.05, 4.69) is 15.5 Å². The number of halogens is 1. The van der Waals surface area contributed by atoms with E-state index in [0.717, 1.165) is 38.4 Å². The van der Waals surface area contributed by atoms with E-state index < -0.39 is 0 Å². The van der Waals surface area contributed by atoms with Crippen LogP contribution < -0.4 is 15.4 Å². The van der Waals surface area contributed by atoms with Gasteiger partial charge in [0.25, 0.3) is 0 Å². The average Bonchev–Trinajstić information content (AvgIpc) is 2.50. The van der Waals surface area contributed by atoms with Crippen LogP contribution in [-0.2, 0) is 4.79 Å². The summed E-state index contributed by atoms with van der Waals surface area (Å²) in [7, 11) is 3.56. The Labute approximate surface area is 137 Å². The van der Waals surface area contributed by atoms with Crippen LogP contribution >= 0.6 is 11.6 Å². The van der Waals surface area contributed by atoms with Crippen molar-refractivity contribution in [2.75, 3.05) is 45.7 Å². The monoisotopic (exact) mass is 325 g/mol. The summed E-state index contributed by atoms with van der Waals surface area (Å²) in [5, 5.41) is 6.68. The van der Waals surface area contributed by atoms with Crippen molar-refractivity contribution in [2.24, 2.45) is 5.92 Å². The molecule has 0 unspecified atom stereocenters. The Kier molecular flexibility index (Phi) is 6.49. The smallest absolute Gasteiger partial charge is 0.238 e. The van der Waals surface area contributed by atoms with Gasteiger partial charge in [0.15, 0.2) is 0 Å². The molecule has 0 atom stereocenters. The number of carbonyl (C=O) groups excluding carboxylic acids is 1. The highest BCUT2D eigenvalue weighted by Gasteiger charge is 2.20. The molecular formula is C16H24ClN3O2. The number of nitrogens with zero attached hydrogens (tertiary/aromatic N) is 1. The largest absolute Gasteiger partial charge is 0.495 e. The Morgan fingerprint density at radius 3 is 2.77 bits per heavy atom. The molecule has 1 aromatic carbocycles. The third-order valence-corrected chi connectivity index (χ3v) is 4.24. The summed E-state index contributed by atoms with van der Waals surface area (Å²) in [4.78, 5) is 14.4. The lowest BCUT2D eigenvalue weighted by molar-refractivity contribution is -0.117. The van der Waals surface area contributed by atoms with Gasteiger partial charge in [-0.3, -0.25) is 9.69 Å². The summed E-state index contributed by atoms with van der Waals surface area (Å²) in [5.74, 6) is 1.30. The fourth-order valence-corrected chi connectivity index (χ4v) is 2.98. The summed E-state index contributed by atoms with van der Waals surface area (Å²) in [6, 6.07) is 5.20. The van der Waals surface area contributed by atoms with Gasteiger partial charge in [-0.05, 0) is 63.6 Å². The van der Waals surface area contributed by atoms with Gasteiger partial charge in [0.05, 0.1) is 19.3 Å². The zero-order valence-corrected chi connectivity index (χ0v) is 13.9. The third kappa shape index (κ3) is 4.87. The van der Waals surface area contributed by atoms with Crippen molar-refractivity contribution >= 4 is 23.2 Å². The zero-order valence-electron chi connectivity index (χ0n) is 13.2. The van der Waals surface area contributed by atoms with Crippen LogP contribution in [0, 0.1) is 5.92 Å². The van der Waals surface area contributed by atoms with Gasteiger partial charge in [0.2, 0.25) is 5.91 Å². The second-order valence-electron chi connectivity index (χ2n) is 5.67. The second-order valence-corrected chi connectivity index (χ2v) is 6.11. The number of anilines is 1. The molecule has 1 amide bonds. The Morgan fingerprint density at radius 2 is 2.14 bits per heavy atom. The standard InChI is InChI=1S/C16H24ClN3O2/c1-18-10-12-5-7-20(8-6-12)11-16(21)19-14-9-13(17)3-4-15(14)22-2/h3-4,9,12,18H,5-8,10-11H2,1-2H3,(H,19,21). The van der Waals surface area contributed by atoms with Crippen LogP contribution in [0.25, 0.3) is 0 Å². The molecular weight excluding hydrogens is 302 g/mol. The van der Waals surface area contributed by atoms with Gasteiger partial charge in [-0.15, -0.1) is 0 Å². The van der Waals surface area contributed by atoms with E-state index >= 15 is 0 Å². The van der Waals surface area contributed by atoms with Crippen molar-refractivity contribution in [1.82, 2.24) is 10.2 Å². The van der Waals surface area contributed by atoms with Crippen LogP contribution in [0.2, 0.25) is 5.02 Å². The molecule has 0 radical (unpaired) electrons.